The summed E-state index contributed by atoms with van der Waals surface area (Å²) in [5, 5.41) is 0. The van der Waals surface area contributed by atoms with Gasteiger partial charge in [-0.25, -0.2) is 0 Å². The summed E-state index contributed by atoms with van der Waals surface area (Å²) in [5.41, 5.74) is 0. The van der Waals surface area contributed by atoms with Crippen LogP contribution in [0, 0.1) is 0 Å². The Morgan fingerprint density at radius 2 is 0.527 bits per heavy atom. The Morgan fingerprint density at radius 3 is 0.838 bits per heavy atom. The van der Waals surface area contributed by atoms with Crippen LogP contribution >= 0.6 is 0 Å². The molecule has 6 nitrogen and oxygen atoms in total. The van der Waals surface area contributed by atoms with Crippen LogP contribution in [-0.2, 0) is 28.6 Å². The highest BCUT2D eigenvalue weighted by Gasteiger charge is 2.19. The van der Waals surface area contributed by atoms with Crippen molar-refractivity contribution in [2.24, 2.45) is 0 Å². The number of rotatable bonds is 52. The fraction of sp³-hybridized carbons (Fsp3) is 0.603. The minimum atomic E-state index is -0.805. The van der Waals surface area contributed by atoms with E-state index in [4.69, 9.17) is 14.2 Å². The minimum absolute atomic E-state index is 0.0991. The SMILES string of the molecule is CC/C=C\C/C=C\C/C=C\C/C=C\C/C=C\C/C=C\C/C=C\C/C=C\C/C=C\CCCCCC(=O)OCC(COC(=O)CCCCCCCCCCCC)OC(=O)CCCCCCC/C=C\C/C=C\C/C=C\CC. The minimum Gasteiger partial charge on any atom is -0.462 e. The highest BCUT2D eigenvalue weighted by Crippen LogP contribution is 2.14. The van der Waals surface area contributed by atoms with Gasteiger partial charge in [0.15, 0.2) is 6.10 Å². The molecule has 0 fully saturated rings. The largest absolute Gasteiger partial charge is 0.462 e. The van der Waals surface area contributed by atoms with Crippen LogP contribution in [0.5, 0.6) is 0 Å². The van der Waals surface area contributed by atoms with Gasteiger partial charge in [0.2, 0.25) is 0 Å². The number of carbonyl (C=O) groups excluding carboxylic acids is 3. The molecule has 0 aliphatic carbocycles. The van der Waals surface area contributed by atoms with Crippen LogP contribution in [0.15, 0.2) is 146 Å². The summed E-state index contributed by atoms with van der Waals surface area (Å²) in [6, 6.07) is 0. The fourth-order valence-electron chi connectivity index (χ4n) is 7.68. The predicted octanol–water partition coefficient (Wildman–Crippen LogP) is 20.4. The van der Waals surface area contributed by atoms with E-state index in [2.05, 4.69) is 167 Å². The Balaban J connectivity index is 4.35. The zero-order valence-corrected chi connectivity index (χ0v) is 47.5. The number of hydrogen-bond acceptors (Lipinski definition) is 6. The Labute approximate surface area is 455 Å². The van der Waals surface area contributed by atoms with Gasteiger partial charge in [-0.1, -0.05) is 250 Å². The summed E-state index contributed by atoms with van der Waals surface area (Å²) in [7, 11) is 0. The van der Waals surface area contributed by atoms with Gasteiger partial charge in [0.1, 0.15) is 13.2 Å². The van der Waals surface area contributed by atoms with Crippen molar-refractivity contribution in [3.05, 3.63) is 146 Å². The predicted molar refractivity (Wildman–Crippen MR) is 320 cm³/mol. The van der Waals surface area contributed by atoms with Crippen molar-refractivity contribution in [2.45, 2.75) is 252 Å². The Kier molecular flexibility index (Phi) is 57.0. The summed E-state index contributed by atoms with van der Waals surface area (Å²) in [6.07, 6.45) is 87.1. The summed E-state index contributed by atoms with van der Waals surface area (Å²) in [4.78, 5) is 38.1. The summed E-state index contributed by atoms with van der Waals surface area (Å²) < 4.78 is 16.8. The summed E-state index contributed by atoms with van der Waals surface area (Å²) >= 11 is 0. The van der Waals surface area contributed by atoms with E-state index in [1.165, 1.54) is 44.9 Å². The Bertz CT molecular complexity index is 1640. The van der Waals surface area contributed by atoms with E-state index < -0.39 is 6.10 Å². The molecule has 0 saturated carbocycles. The van der Waals surface area contributed by atoms with Gasteiger partial charge in [0, 0.05) is 19.3 Å². The molecule has 0 amide bonds. The van der Waals surface area contributed by atoms with Crippen LogP contribution in [0.4, 0.5) is 0 Å². The molecular formula is C68H108O6. The zero-order valence-electron chi connectivity index (χ0n) is 47.5. The Morgan fingerprint density at radius 1 is 0.284 bits per heavy atom. The molecule has 0 bridgehead atoms. The first kappa shape index (κ1) is 69.3. The maximum absolute atomic E-state index is 12.8. The van der Waals surface area contributed by atoms with E-state index in [1.54, 1.807) is 0 Å². The molecule has 74 heavy (non-hydrogen) atoms. The monoisotopic (exact) mass is 1020 g/mol. The second-order valence-electron chi connectivity index (χ2n) is 19.1. The van der Waals surface area contributed by atoms with Gasteiger partial charge in [-0.05, 0) is 122 Å². The molecule has 0 N–H and O–H groups in total. The third kappa shape index (κ3) is 58.2. The number of hydrogen-bond donors (Lipinski definition) is 0. The average molecular weight is 1020 g/mol. The molecule has 0 aromatic heterocycles. The van der Waals surface area contributed by atoms with Gasteiger partial charge in [0.25, 0.3) is 0 Å². The van der Waals surface area contributed by atoms with Crippen molar-refractivity contribution in [2.75, 3.05) is 13.2 Å². The van der Waals surface area contributed by atoms with E-state index in [0.29, 0.717) is 19.3 Å². The second kappa shape index (κ2) is 60.8. The highest BCUT2D eigenvalue weighted by molar-refractivity contribution is 5.71. The van der Waals surface area contributed by atoms with Crippen LogP contribution < -0.4 is 0 Å². The maximum atomic E-state index is 12.8. The molecule has 0 saturated heterocycles. The Hall–Kier alpha value is -4.71. The van der Waals surface area contributed by atoms with Crippen molar-refractivity contribution in [3.63, 3.8) is 0 Å². The van der Waals surface area contributed by atoms with E-state index in [0.717, 1.165) is 161 Å². The number of allylic oxidation sites excluding steroid dienone is 24. The molecule has 6 heteroatoms. The van der Waals surface area contributed by atoms with Gasteiger partial charge in [-0.15, -0.1) is 0 Å². The van der Waals surface area contributed by atoms with Gasteiger partial charge >= 0.3 is 17.9 Å². The van der Waals surface area contributed by atoms with Crippen LogP contribution in [0.3, 0.4) is 0 Å². The topological polar surface area (TPSA) is 78.9 Å². The summed E-state index contributed by atoms with van der Waals surface area (Å²) in [5.74, 6) is -0.958. The number of carbonyl (C=O) groups is 3. The molecule has 1 unspecified atom stereocenters. The lowest BCUT2D eigenvalue weighted by Gasteiger charge is -2.18. The van der Waals surface area contributed by atoms with Gasteiger partial charge in [-0.2, -0.15) is 0 Å². The van der Waals surface area contributed by atoms with E-state index in [-0.39, 0.29) is 31.1 Å². The molecule has 0 aromatic carbocycles. The third-order valence-electron chi connectivity index (χ3n) is 12.1. The van der Waals surface area contributed by atoms with Crippen molar-refractivity contribution in [1.29, 1.82) is 0 Å². The molecule has 0 rings (SSSR count). The van der Waals surface area contributed by atoms with Crippen molar-refractivity contribution < 1.29 is 28.6 Å². The molecule has 0 aliphatic heterocycles. The molecular weight excluding hydrogens is 913 g/mol. The van der Waals surface area contributed by atoms with E-state index in [9.17, 15) is 14.4 Å². The number of ether oxygens (including phenoxy) is 3. The first-order chi connectivity index (χ1) is 36.5. The normalized spacial score (nSPS) is 13.2. The lowest BCUT2D eigenvalue weighted by atomic mass is 10.1. The molecule has 0 radical (unpaired) electrons. The van der Waals surface area contributed by atoms with Crippen molar-refractivity contribution in [3.8, 4) is 0 Å². The average Bonchev–Trinajstić information content (AvgIpc) is 3.40. The van der Waals surface area contributed by atoms with Gasteiger partial charge in [-0.3, -0.25) is 14.4 Å². The van der Waals surface area contributed by atoms with E-state index in [1.807, 2.05) is 0 Å². The highest BCUT2D eigenvalue weighted by atomic mass is 16.6. The van der Waals surface area contributed by atoms with Crippen LogP contribution in [-0.4, -0.2) is 37.2 Å². The molecule has 0 spiro atoms. The molecule has 416 valence electrons. The first-order valence-electron chi connectivity index (χ1n) is 29.8. The quantitative estimate of drug-likeness (QED) is 0.0261. The number of unbranched alkanes of at least 4 members (excludes halogenated alkanes) is 17. The van der Waals surface area contributed by atoms with Crippen molar-refractivity contribution in [1.82, 2.24) is 0 Å². The van der Waals surface area contributed by atoms with Crippen LogP contribution in [0.1, 0.15) is 245 Å². The second-order valence-corrected chi connectivity index (χ2v) is 19.1. The third-order valence-corrected chi connectivity index (χ3v) is 12.1. The fourth-order valence-corrected chi connectivity index (χ4v) is 7.68. The number of esters is 3. The van der Waals surface area contributed by atoms with Gasteiger partial charge in [0.05, 0.1) is 0 Å². The van der Waals surface area contributed by atoms with Gasteiger partial charge < -0.3 is 14.2 Å². The smallest absolute Gasteiger partial charge is 0.306 e. The maximum Gasteiger partial charge on any atom is 0.306 e. The molecule has 0 aromatic rings. The van der Waals surface area contributed by atoms with Crippen molar-refractivity contribution >= 4 is 17.9 Å². The zero-order chi connectivity index (χ0) is 53.6. The van der Waals surface area contributed by atoms with Crippen LogP contribution in [0.2, 0.25) is 0 Å². The summed E-state index contributed by atoms with van der Waals surface area (Å²) in [6.45, 7) is 6.35. The lowest BCUT2D eigenvalue weighted by Crippen LogP contribution is -2.30. The first-order valence-corrected chi connectivity index (χ1v) is 29.8. The standard InChI is InChI=1S/C68H108O6/c1-4-7-10-13-16-19-22-24-26-27-28-29-30-31-32-33-34-35-36-37-38-39-40-41-43-44-46-49-52-55-58-61-67(70)73-64-65(63-72-66(69)60-57-54-51-48-21-18-15-12-9-6-3)74-68(71)62-59-56-53-50-47-45-42-25-23-20-17-14-11-8-5-2/h7-8,10-11,16-17,19-20,24-26,28-29,31-32,34-35,37-38,40-42,44,46,65H,4-6,9,12-15,18,21-23,27,30,33,36,39,43,45,47-64H2,1-3H3/b10-7-,11-8-,19-16-,20-17-,26-24-,29-28-,32-31-,35-34-,38-37-,41-40-,42-25-,46-44-. The molecule has 0 aliphatic rings. The van der Waals surface area contributed by atoms with E-state index >= 15 is 0 Å². The van der Waals surface area contributed by atoms with Crippen LogP contribution in [0.25, 0.3) is 0 Å². The molecule has 1 atom stereocenters. The molecule has 0 heterocycles. The lowest BCUT2D eigenvalue weighted by molar-refractivity contribution is -0.167.